The molecule has 2 aromatic heterocycles. The minimum absolute atomic E-state index is 0.228. The summed E-state index contributed by atoms with van der Waals surface area (Å²) in [4.78, 5) is 13.6. The van der Waals surface area contributed by atoms with Crippen molar-refractivity contribution in [1.29, 1.82) is 0 Å². The van der Waals surface area contributed by atoms with E-state index in [0.717, 1.165) is 24.3 Å². The Kier molecular flexibility index (Phi) is 5.00. The van der Waals surface area contributed by atoms with Crippen LogP contribution < -0.4 is 5.32 Å². The van der Waals surface area contributed by atoms with E-state index in [9.17, 15) is 13.2 Å². The zero-order valence-electron chi connectivity index (χ0n) is 13.4. The van der Waals surface area contributed by atoms with E-state index in [0.29, 0.717) is 28.0 Å². The lowest BCUT2D eigenvalue weighted by atomic mass is 10.4. The SMILES string of the molecule is CCc1nnc(NC(=O)c2cc(S(=O)(=O)N3CCCC3)c(C)s2)s1. The van der Waals surface area contributed by atoms with Crippen LogP contribution in [0.1, 0.15) is 39.3 Å². The fraction of sp³-hybridized carbons (Fsp3) is 0.500. The summed E-state index contributed by atoms with van der Waals surface area (Å²) in [5, 5.41) is 11.8. The summed E-state index contributed by atoms with van der Waals surface area (Å²) in [5.41, 5.74) is 0. The van der Waals surface area contributed by atoms with Crippen LogP contribution in [-0.4, -0.2) is 41.9 Å². The summed E-state index contributed by atoms with van der Waals surface area (Å²) < 4.78 is 26.8. The van der Waals surface area contributed by atoms with Gasteiger partial charge in [0.2, 0.25) is 15.2 Å². The van der Waals surface area contributed by atoms with Gasteiger partial charge in [-0.25, -0.2) is 8.42 Å². The van der Waals surface area contributed by atoms with Gasteiger partial charge in [-0.1, -0.05) is 18.3 Å². The predicted molar refractivity (Wildman–Crippen MR) is 94.3 cm³/mol. The van der Waals surface area contributed by atoms with Gasteiger partial charge < -0.3 is 0 Å². The van der Waals surface area contributed by atoms with E-state index in [1.165, 1.54) is 33.0 Å². The highest BCUT2D eigenvalue weighted by Gasteiger charge is 2.30. The predicted octanol–water partition coefficient (Wildman–Crippen LogP) is 2.51. The Hall–Kier alpha value is -1.36. The van der Waals surface area contributed by atoms with Crippen molar-refractivity contribution < 1.29 is 13.2 Å². The van der Waals surface area contributed by atoms with Crippen LogP contribution >= 0.6 is 22.7 Å². The van der Waals surface area contributed by atoms with E-state index in [1.807, 2.05) is 6.92 Å². The average molecular weight is 387 g/mol. The van der Waals surface area contributed by atoms with Gasteiger partial charge in [0.25, 0.3) is 5.91 Å². The number of hydrogen-bond acceptors (Lipinski definition) is 7. The number of nitrogens with zero attached hydrogens (tertiary/aromatic N) is 3. The number of carbonyl (C=O) groups is 1. The molecule has 10 heteroatoms. The molecule has 0 unspecified atom stereocenters. The number of thiophene rings is 1. The number of aromatic nitrogens is 2. The molecule has 1 amide bonds. The van der Waals surface area contributed by atoms with E-state index < -0.39 is 10.0 Å². The number of nitrogens with one attached hydrogen (secondary N) is 1. The Balaban J connectivity index is 1.81. The molecule has 0 bridgehead atoms. The van der Waals surface area contributed by atoms with Gasteiger partial charge in [0, 0.05) is 18.0 Å². The van der Waals surface area contributed by atoms with Gasteiger partial charge >= 0.3 is 0 Å². The van der Waals surface area contributed by atoms with Gasteiger partial charge in [-0.2, -0.15) is 4.31 Å². The smallest absolute Gasteiger partial charge is 0.267 e. The average Bonchev–Trinajstić information content (AvgIpc) is 3.27. The molecule has 0 radical (unpaired) electrons. The molecule has 2 aromatic rings. The monoisotopic (exact) mass is 386 g/mol. The highest BCUT2D eigenvalue weighted by atomic mass is 32.2. The lowest BCUT2D eigenvalue weighted by Gasteiger charge is -2.14. The molecule has 7 nitrogen and oxygen atoms in total. The van der Waals surface area contributed by atoms with E-state index >= 15 is 0 Å². The number of anilines is 1. The van der Waals surface area contributed by atoms with Crippen molar-refractivity contribution in [3.8, 4) is 0 Å². The van der Waals surface area contributed by atoms with Gasteiger partial charge in [-0.15, -0.1) is 21.5 Å². The van der Waals surface area contributed by atoms with Crippen LogP contribution in [0.15, 0.2) is 11.0 Å². The molecule has 1 aliphatic heterocycles. The molecule has 1 saturated heterocycles. The number of amides is 1. The fourth-order valence-electron chi connectivity index (χ4n) is 2.51. The quantitative estimate of drug-likeness (QED) is 0.852. The van der Waals surface area contributed by atoms with E-state index in [-0.39, 0.29) is 10.8 Å². The maximum Gasteiger partial charge on any atom is 0.267 e. The molecule has 130 valence electrons. The van der Waals surface area contributed by atoms with Crippen LogP contribution in [0.4, 0.5) is 5.13 Å². The van der Waals surface area contributed by atoms with Crippen LogP contribution in [0.2, 0.25) is 0 Å². The van der Waals surface area contributed by atoms with Gasteiger partial charge in [-0.05, 0) is 32.3 Å². The van der Waals surface area contributed by atoms with E-state index in [1.54, 1.807) is 6.92 Å². The summed E-state index contributed by atoms with van der Waals surface area (Å²) in [6, 6.07) is 1.46. The molecule has 0 aromatic carbocycles. The molecular weight excluding hydrogens is 368 g/mol. The standard InChI is InChI=1S/C14H18N4O3S3/c1-3-12-16-17-14(23-12)15-13(19)10-8-11(9(2)22-10)24(20,21)18-6-4-5-7-18/h8H,3-7H2,1-2H3,(H,15,17,19). The number of aryl methyl sites for hydroxylation is 2. The number of hydrogen-bond donors (Lipinski definition) is 1. The van der Waals surface area contributed by atoms with Gasteiger partial charge in [-0.3, -0.25) is 10.1 Å². The lowest BCUT2D eigenvalue weighted by Crippen LogP contribution is -2.28. The molecule has 0 spiro atoms. The van der Waals surface area contributed by atoms with E-state index in [4.69, 9.17) is 0 Å². The zero-order valence-corrected chi connectivity index (χ0v) is 15.9. The Morgan fingerprint density at radius 3 is 2.62 bits per heavy atom. The van der Waals surface area contributed by atoms with Crippen LogP contribution in [0.3, 0.4) is 0 Å². The van der Waals surface area contributed by atoms with Crippen molar-refractivity contribution >= 4 is 43.7 Å². The fourth-order valence-corrected chi connectivity index (χ4v) is 6.15. The molecule has 3 heterocycles. The summed E-state index contributed by atoms with van der Waals surface area (Å²) >= 11 is 2.50. The van der Waals surface area contributed by atoms with Crippen LogP contribution in [0.25, 0.3) is 0 Å². The molecule has 24 heavy (non-hydrogen) atoms. The van der Waals surface area contributed by atoms with E-state index in [2.05, 4.69) is 15.5 Å². The Morgan fingerprint density at radius 2 is 2.00 bits per heavy atom. The molecule has 1 fully saturated rings. The molecule has 1 N–H and O–H groups in total. The third kappa shape index (κ3) is 3.37. The second kappa shape index (κ2) is 6.87. The van der Waals surface area contributed by atoms with Gasteiger partial charge in [0.1, 0.15) is 5.01 Å². The first-order chi connectivity index (χ1) is 11.4. The highest BCUT2D eigenvalue weighted by molar-refractivity contribution is 7.89. The molecule has 3 rings (SSSR count). The minimum atomic E-state index is -3.52. The summed E-state index contributed by atoms with van der Waals surface area (Å²) in [5.74, 6) is -0.357. The van der Waals surface area contributed by atoms with Crippen LogP contribution in [0, 0.1) is 6.92 Å². The Bertz CT molecular complexity index is 850. The van der Waals surface area contributed by atoms with Crippen molar-refractivity contribution in [1.82, 2.24) is 14.5 Å². The largest absolute Gasteiger partial charge is 0.296 e. The molecular formula is C14H18N4O3S3. The molecule has 0 aliphatic carbocycles. The van der Waals surface area contributed by atoms with Gasteiger partial charge in [0.05, 0.1) is 9.77 Å². The van der Waals surface area contributed by atoms with Crippen LogP contribution in [0.5, 0.6) is 0 Å². The van der Waals surface area contributed by atoms with Crippen molar-refractivity contribution in [2.75, 3.05) is 18.4 Å². The van der Waals surface area contributed by atoms with Gasteiger partial charge in [0.15, 0.2) is 0 Å². The third-order valence-electron chi connectivity index (χ3n) is 3.77. The van der Waals surface area contributed by atoms with Crippen molar-refractivity contribution in [2.45, 2.75) is 38.0 Å². The molecule has 1 aliphatic rings. The van der Waals surface area contributed by atoms with Crippen LogP contribution in [-0.2, 0) is 16.4 Å². The second-order valence-corrected chi connectivity index (χ2v) is 9.68. The zero-order chi connectivity index (χ0) is 17.3. The normalized spacial score (nSPS) is 15.8. The third-order valence-corrected chi connectivity index (χ3v) is 7.95. The number of sulfonamides is 1. The Labute approximate surface area is 148 Å². The summed E-state index contributed by atoms with van der Waals surface area (Å²) in [6.45, 7) is 4.78. The summed E-state index contributed by atoms with van der Waals surface area (Å²) in [7, 11) is -3.52. The topological polar surface area (TPSA) is 92.3 Å². The van der Waals surface area contributed by atoms with Crippen molar-refractivity contribution in [3.05, 3.63) is 20.8 Å². The Morgan fingerprint density at radius 1 is 1.29 bits per heavy atom. The minimum Gasteiger partial charge on any atom is -0.296 e. The van der Waals surface area contributed by atoms with Crippen molar-refractivity contribution in [2.24, 2.45) is 0 Å². The number of carbonyl (C=O) groups excluding carboxylic acids is 1. The molecule has 0 atom stereocenters. The first-order valence-electron chi connectivity index (χ1n) is 7.66. The first kappa shape index (κ1) is 17.5. The molecule has 0 saturated carbocycles. The highest BCUT2D eigenvalue weighted by Crippen LogP contribution is 2.30. The maximum atomic E-state index is 12.7. The second-order valence-electron chi connectivity index (χ2n) is 5.45. The lowest BCUT2D eigenvalue weighted by molar-refractivity contribution is 0.103. The summed E-state index contributed by atoms with van der Waals surface area (Å²) in [6.07, 6.45) is 2.52. The first-order valence-corrected chi connectivity index (χ1v) is 10.7. The van der Waals surface area contributed by atoms with Crippen molar-refractivity contribution in [3.63, 3.8) is 0 Å². The maximum absolute atomic E-state index is 12.7. The number of rotatable bonds is 5.